The largest absolute Gasteiger partial charge is 0.483 e. The molecule has 0 fully saturated rings. The molecule has 24 heavy (non-hydrogen) atoms. The summed E-state index contributed by atoms with van der Waals surface area (Å²) in [5.74, 6) is 0.714. The lowest BCUT2D eigenvalue weighted by atomic mass is 10.0. The highest BCUT2D eigenvalue weighted by molar-refractivity contribution is 6.03. The van der Waals surface area contributed by atoms with E-state index in [0.717, 1.165) is 11.1 Å². The molecule has 0 spiro atoms. The van der Waals surface area contributed by atoms with Crippen LogP contribution < -0.4 is 10.1 Å². The molecule has 0 aliphatic carbocycles. The molecule has 0 heterocycles. The van der Waals surface area contributed by atoms with E-state index < -0.39 is 0 Å². The van der Waals surface area contributed by atoms with Gasteiger partial charge in [-0.3, -0.25) is 9.59 Å². The smallest absolute Gasteiger partial charge is 0.262 e. The third kappa shape index (κ3) is 4.44. The topological polar surface area (TPSA) is 55.4 Å². The Balaban J connectivity index is 2.04. The number of para-hydroxylation sites is 1. The molecule has 126 valence electrons. The molecule has 0 aromatic heterocycles. The second-order valence-corrected chi connectivity index (χ2v) is 6.12. The first-order chi connectivity index (χ1) is 11.4. The standard InChI is InChI=1S/C20H23NO3/c1-13(2)16-10-9-14(3)19(11-16)24-12-20(23)21-18-8-6-5-7-17(18)15(4)22/h5-11,13H,12H2,1-4H3,(H,21,23). The van der Waals surface area contributed by atoms with E-state index in [2.05, 4.69) is 25.2 Å². The first kappa shape index (κ1) is 17.7. The zero-order valence-corrected chi connectivity index (χ0v) is 14.6. The zero-order valence-electron chi connectivity index (χ0n) is 14.6. The first-order valence-electron chi connectivity index (χ1n) is 8.01. The normalized spacial score (nSPS) is 10.5. The van der Waals surface area contributed by atoms with Crippen molar-refractivity contribution in [2.24, 2.45) is 0 Å². The number of nitrogens with one attached hydrogen (secondary N) is 1. The maximum atomic E-state index is 12.1. The van der Waals surface area contributed by atoms with Crippen molar-refractivity contribution in [2.45, 2.75) is 33.6 Å². The fourth-order valence-electron chi connectivity index (χ4n) is 2.36. The summed E-state index contributed by atoms with van der Waals surface area (Å²) in [4.78, 5) is 23.7. The molecule has 2 aromatic carbocycles. The summed E-state index contributed by atoms with van der Waals surface area (Å²) in [5, 5.41) is 2.73. The summed E-state index contributed by atoms with van der Waals surface area (Å²) in [5.41, 5.74) is 3.14. The third-order valence-corrected chi connectivity index (χ3v) is 3.82. The number of rotatable bonds is 6. The van der Waals surface area contributed by atoms with Crippen molar-refractivity contribution in [1.29, 1.82) is 0 Å². The van der Waals surface area contributed by atoms with Crippen LogP contribution in [0.4, 0.5) is 5.69 Å². The Labute approximate surface area is 142 Å². The molecule has 4 heteroatoms. The molecule has 0 saturated heterocycles. The zero-order chi connectivity index (χ0) is 17.7. The van der Waals surface area contributed by atoms with Crippen LogP contribution >= 0.6 is 0 Å². The van der Waals surface area contributed by atoms with E-state index in [1.807, 2.05) is 19.1 Å². The highest BCUT2D eigenvalue weighted by Crippen LogP contribution is 2.24. The predicted octanol–water partition coefficient (Wildman–Crippen LogP) is 4.34. The van der Waals surface area contributed by atoms with Crippen LogP contribution in [0.5, 0.6) is 5.75 Å². The lowest BCUT2D eigenvalue weighted by Gasteiger charge is -2.13. The van der Waals surface area contributed by atoms with E-state index in [9.17, 15) is 9.59 Å². The van der Waals surface area contributed by atoms with Gasteiger partial charge in [-0.25, -0.2) is 0 Å². The van der Waals surface area contributed by atoms with Crippen molar-refractivity contribution in [3.05, 3.63) is 59.2 Å². The SMILES string of the molecule is CC(=O)c1ccccc1NC(=O)COc1cc(C(C)C)ccc1C. The number of carbonyl (C=O) groups excluding carboxylic acids is 2. The lowest BCUT2D eigenvalue weighted by Crippen LogP contribution is -2.21. The van der Waals surface area contributed by atoms with Gasteiger partial charge in [0.15, 0.2) is 12.4 Å². The molecule has 2 rings (SSSR count). The molecule has 1 amide bonds. The number of benzene rings is 2. The number of ether oxygens (including phenoxy) is 1. The second kappa shape index (κ2) is 7.77. The van der Waals surface area contributed by atoms with Crippen molar-refractivity contribution in [3.8, 4) is 5.75 Å². The van der Waals surface area contributed by atoms with Crippen LogP contribution in [-0.2, 0) is 4.79 Å². The summed E-state index contributed by atoms with van der Waals surface area (Å²) < 4.78 is 5.66. The van der Waals surface area contributed by atoms with Gasteiger partial charge in [0.1, 0.15) is 5.75 Å². The van der Waals surface area contributed by atoms with Gasteiger partial charge in [-0.1, -0.05) is 38.1 Å². The first-order valence-corrected chi connectivity index (χ1v) is 8.01. The van der Waals surface area contributed by atoms with Crippen molar-refractivity contribution in [2.75, 3.05) is 11.9 Å². The van der Waals surface area contributed by atoms with Crippen LogP contribution in [-0.4, -0.2) is 18.3 Å². The monoisotopic (exact) mass is 325 g/mol. The number of carbonyl (C=O) groups is 2. The van der Waals surface area contributed by atoms with E-state index >= 15 is 0 Å². The number of hydrogen-bond acceptors (Lipinski definition) is 3. The predicted molar refractivity (Wildman–Crippen MR) is 95.8 cm³/mol. The number of aryl methyl sites for hydroxylation is 1. The number of hydrogen-bond donors (Lipinski definition) is 1. The molecule has 0 bridgehead atoms. The molecule has 0 atom stereocenters. The fourth-order valence-corrected chi connectivity index (χ4v) is 2.36. The van der Waals surface area contributed by atoms with Crippen molar-refractivity contribution >= 4 is 17.4 Å². The van der Waals surface area contributed by atoms with Gasteiger partial charge < -0.3 is 10.1 Å². The molecule has 0 saturated carbocycles. The molecule has 0 unspecified atom stereocenters. The maximum absolute atomic E-state index is 12.1. The Bertz CT molecular complexity index is 750. The maximum Gasteiger partial charge on any atom is 0.262 e. The van der Waals surface area contributed by atoms with Crippen LogP contribution in [0.2, 0.25) is 0 Å². The summed E-state index contributed by atoms with van der Waals surface area (Å²) in [6, 6.07) is 13.0. The van der Waals surface area contributed by atoms with E-state index in [1.54, 1.807) is 24.3 Å². The van der Waals surface area contributed by atoms with E-state index in [-0.39, 0.29) is 18.3 Å². The van der Waals surface area contributed by atoms with Gasteiger partial charge in [-0.2, -0.15) is 0 Å². The van der Waals surface area contributed by atoms with Gasteiger partial charge in [0.05, 0.1) is 5.69 Å². The highest BCUT2D eigenvalue weighted by atomic mass is 16.5. The molecule has 2 aromatic rings. The van der Waals surface area contributed by atoms with Crippen molar-refractivity contribution < 1.29 is 14.3 Å². The number of Topliss-reactive ketones (excluding diaryl/α,β-unsaturated/α-hetero) is 1. The number of ketones is 1. The molecule has 1 N–H and O–H groups in total. The Hall–Kier alpha value is -2.62. The van der Waals surface area contributed by atoms with Crippen LogP contribution in [0.25, 0.3) is 0 Å². The van der Waals surface area contributed by atoms with Gasteiger partial charge in [0.2, 0.25) is 0 Å². The summed E-state index contributed by atoms with van der Waals surface area (Å²) in [6.45, 7) is 7.54. The van der Waals surface area contributed by atoms with E-state index in [0.29, 0.717) is 22.9 Å². The third-order valence-electron chi connectivity index (χ3n) is 3.82. The minimum Gasteiger partial charge on any atom is -0.483 e. The van der Waals surface area contributed by atoms with Gasteiger partial charge in [-0.05, 0) is 49.1 Å². The van der Waals surface area contributed by atoms with Gasteiger partial charge in [0.25, 0.3) is 5.91 Å². The van der Waals surface area contributed by atoms with Crippen LogP contribution in [0.3, 0.4) is 0 Å². The Morgan fingerprint density at radius 3 is 2.50 bits per heavy atom. The summed E-state index contributed by atoms with van der Waals surface area (Å²) in [6.07, 6.45) is 0. The lowest BCUT2D eigenvalue weighted by molar-refractivity contribution is -0.118. The summed E-state index contributed by atoms with van der Waals surface area (Å²) in [7, 11) is 0. The summed E-state index contributed by atoms with van der Waals surface area (Å²) >= 11 is 0. The second-order valence-electron chi connectivity index (χ2n) is 6.12. The van der Waals surface area contributed by atoms with E-state index in [4.69, 9.17) is 4.74 Å². The Kier molecular flexibility index (Phi) is 5.74. The van der Waals surface area contributed by atoms with Gasteiger partial charge in [-0.15, -0.1) is 0 Å². The van der Waals surface area contributed by atoms with Crippen LogP contribution in [0, 0.1) is 6.92 Å². The van der Waals surface area contributed by atoms with Gasteiger partial charge in [0, 0.05) is 5.56 Å². The number of anilines is 1. The van der Waals surface area contributed by atoms with Crippen LogP contribution in [0.1, 0.15) is 48.2 Å². The average molecular weight is 325 g/mol. The molecular weight excluding hydrogens is 302 g/mol. The van der Waals surface area contributed by atoms with Gasteiger partial charge >= 0.3 is 0 Å². The highest BCUT2D eigenvalue weighted by Gasteiger charge is 2.11. The minimum absolute atomic E-state index is 0.0905. The van der Waals surface area contributed by atoms with Crippen molar-refractivity contribution in [1.82, 2.24) is 0 Å². The molecular formula is C20H23NO3. The Morgan fingerprint density at radius 2 is 1.83 bits per heavy atom. The molecule has 0 aliphatic heterocycles. The van der Waals surface area contributed by atoms with E-state index in [1.165, 1.54) is 6.92 Å². The number of amides is 1. The molecule has 0 radical (unpaired) electrons. The quantitative estimate of drug-likeness (QED) is 0.804. The minimum atomic E-state index is -0.293. The van der Waals surface area contributed by atoms with Crippen LogP contribution in [0.15, 0.2) is 42.5 Å². The fraction of sp³-hybridized carbons (Fsp3) is 0.300. The van der Waals surface area contributed by atoms with Crippen molar-refractivity contribution in [3.63, 3.8) is 0 Å². The average Bonchev–Trinajstić information content (AvgIpc) is 2.54. The Morgan fingerprint density at radius 1 is 1.12 bits per heavy atom. The molecule has 4 nitrogen and oxygen atoms in total. The molecule has 0 aliphatic rings.